The summed E-state index contributed by atoms with van der Waals surface area (Å²) in [6, 6.07) is 11.6. The molecule has 0 radical (unpaired) electrons. The van der Waals surface area contributed by atoms with Gasteiger partial charge in [0.05, 0.1) is 5.69 Å². The van der Waals surface area contributed by atoms with Gasteiger partial charge in [-0.1, -0.05) is 37.3 Å². The second-order valence-corrected chi connectivity index (χ2v) is 6.31. The number of aromatic nitrogens is 4. The summed E-state index contributed by atoms with van der Waals surface area (Å²) in [5.74, 6) is -0.304. The molecule has 2 aromatic heterocycles. The molecule has 0 aliphatic rings. The van der Waals surface area contributed by atoms with Crippen LogP contribution in [0.15, 0.2) is 41.8 Å². The molecule has 1 N–H and O–H groups in total. The van der Waals surface area contributed by atoms with Crippen molar-refractivity contribution in [2.45, 2.75) is 26.2 Å². The molecule has 0 saturated heterocycles. The van der Waals surface area contributed by atoms with Gasteiger partial charge in [-0.15, -0.1) is 16.4 Å². The van der Waals surface area contributed by atoms with Gasteiger partial charge in [0.1, 0.15) is 4.88 Å². The van der Waals surface area contributed by atoms with Crippen LogP contribution in [0.5, 0.6) is 0 Å². The fourth-order valence-corrected chi connectivity index (χ4v) is 3.04. The predicted octanol–water partition coefficient (Wildman–Crippen LogP) is 2.34. The van der Waals surface area contributed by atoms with Gasteiger partial charge < -0.3 is 10.2 Å². The number of hydrogen-bond acceptors (Lipinski definition) is 7. The van der Waals surface area contributed by atoms with Gasteiger partial charge in [-0.3, -0.25) is 4.79 Å². The van der Waals surface area contributed by atoms with Crippen molar-refractivity contribution in [3.63, 3.8) is 0 Å². The van der Waals surface area contributed by atoms with Crippen molar-refractivity contribution < 1.29 is 14.4 Å². The zero-order valence-corrected chi connectivity index (χ0v) is 14.9. The standard InChI is InChI=1S/C17H17N5O3S/c1-2-15(24)25-22-17(19-20-21-22)16-13(10-11-26-16)18-14(23)9-8-12-6-4-3-5-7-12/h3-7,10-11H,2,8-9H2,1H3,(H,18,23). The first-order valence-electron chi connectivity index (χ1n) is 8.08. The molecule has 0 aliphatic heterocycles. The van der Waals surface area contributed by atoms with E-state index in [0.717, 1.165) is 10.4 Å². The molecule has 0 saturated carbocycles. The number of hydrogen-bond donors (Lipinski definition) is 1. The van der Waals surface area contributed by atoms with Crippen LogP contribution >= 0.6 is 11.3 Å². The van der Waals surface area contributed by atoms with Gasteiger partial charge in [-0.2, -0.15) is 0 Å². The molecule has 1 amide bonds. The number of nitrogens with zero attached hydrogens (tertiary/aromatic N) is 4. The second kappa shape index (κ2) is 8.34. The number of nitrogens with one attached hydrogen (secondary N) is 1. The number of aryl methyl sites for hydroxylation is 1. The van der Waals surface area contributed by atoms with Gasteiger partial charge in [-0.05, 0) is 38.7 Å². The molecule has 0 bridgehead atoms. The van der Waals surface area contributed by atoms with E-state index in [1.54, 1.807) is 13.0 Å². The Bertz CT molecular complexity index is 891. The molecule has 3 rings (SSSR count). The van der Waals surface area contributed by atoms with Crippen LogP contribution in [0.3, 0.4) is 0 Å². The Morgan fingerprint density at radius 1 is 1.23 bits per heavy atom. The van der Waals surface area contributed by atoms with E-state index < -0.39 is 5.97 Å². The summed E-state index contributed by atoms with van der Waals surface area (Å²) in [4.78, 5) is 30.4. The van der Waals surface area contributed by atoms with Crippen molar-refractivity contribution in [1.82, 2.24) is 20.4 Å². The molecule has 2 heterocycles. The van der Waals surface area contributed by atoms with Crippen LogP contribution in [0.1, 0.15) is 25.3 Å². The third kappa shape index (κ3) is 4.31. The molecule has 0 fully saturated rings. The summed E-state index contributed by atoms with van der Waals surface area (Å²) in [6.45, 7) is 1.68. The molecule has 26 heavy (non-hydrogen) atoms. The normalized spacial score (nSPS) is 10.5. The average Bonchev–Trinajstić information content (AvgIpc) is 3.29. The number of thiophene rings is 1. The molecule has 1 aromatic carbocycles. The molecule has 0 aliphatic carbocycles. The van der Waals surface area contributed by atoms with E-state index in [1.807, 2.05) is 35.7 Å². The van der Waals surface area contributed by atoms with Crippen LogP contribution in [0.2, 0.25) is 0 Å². The monoisotopic (exact) mass is 371 g/mol. The molecular weight excluding hydrogens is 354 g/mol. The lowest BCUT2D eigenvalue weighted by molar-refractivity contribution is -0.145. The van der Waals surface area contributed by atoms with Crippen molar-refractivity contribution >= 4 is 28.9 Å². The maximum Gasteiger partial charge on any atom is 0.334 e. The first kappa shape index (κ1) is 17.7. The maximum absolute atomic E-state index is 12.3. The van der Waals surface area contributed by atoms with Gasteiger partial charge in [0.25, 0.3) is 0 Å². The van der Waals surface area contributed by atoms with Gasteiger partial charge in [-0.25, -0.2) is 4.79 Å². The highest BCUT2D eigenvalue weighted by atomic mass is 32.1. The van der Waals surface area contributed by atoms with Crippen LogP contribution in [0.4, 0.5) is 5.69 Å². The Kier molecular flexibility index (Phi) is 5.69. The fourth-order valence-electron chi connectivity index (χ4n) is 2.23. The van der Waals surface area contributed by atoms with Crippen molar-refractivity contribution in [2.75, 3.05) is 5.32 Å². The van der Waals surface area contributed by atoms with E-state index in [9.17, 15) is 9.59 Å². The molecule has 0 unspecified atom stereocenters. The smallest absolute Gasteiger partial charge is 0.325 e. The lowest BCUT2D eigenvalue weighted by Crippen LogP contribution is -2.21. The number of benzene rings is 1. The Labute approximate surface area is 153 Å². The van der Waals surface area contributed by atoms with Crippen molar-refractivity contribution in [1.29, 1.82) is 0 Å². The molecule has 8 nitrogen and oxygen atoms in total. The highest BCUT2D eigenvalue weighted by Gasteiger charge is 2.19. The SMILES string of the molecule is CCC(=O)On1nnnc1-c1sccc1NC(=O)CCc1ccccc1. The van der Waals surface area contributed by atoms with Crippen LogP contribution < -0.4 is 10.2 Å². The summed E-state index contributed by atoms with van der Waals surface area (Å²) in [6.07, 6.45) is 1.21. The van der Waals surface area contributed by atoms with Crippen LogP contribution in [-0.4, -0.2) is 32.2 Å². The third-order valence-corrected chi connectivity index (χ3v) is 4.46. The lowest BCUT2D eigenvalue weighted by atomic mass is 10.1. The number of tetrazole rings is 1. The van der Waals surface area contributed by atoms with Crippen molar-refractivity contribution in [3.05, 3.63) is 47.3 Å². The van der Waals surface area contributed by atoms with E-state index in [4.69, 9.17) is 4.84 Å². The average molecular weight is 371 g/mol. The Morgan fingerprint density at radius 2 is 2.04 bits per heavy atom. The first-order chi connectivity index (χ1) is 12.7. The largest absolute Gasteiger partial charge is 0.334 e. The highest BCUT2D eigenvalue weighted by molar-refractivity contribution is 7.14. The number of carbonyl (C=O) groups is 2. The minimum absolute atomic E-state index is 0.113. The topological polar surface area (TPSA) is 99.0 Å². The van der Waals surface area contributed by atoms with Gasteiger partial charge in [0, 0.05) is 12.8 Å². The number of carbonyl (C=O) groups excluding carboxylic acids is 2. The summed E-state index contributed by atoms with van der Waals surface area (Å²) >= 11 is 1.34. The summed E-state index contributed by atoms with van der Waals surface area (Å²) in [5.41, 5.74) is 1.68. The highest BCUT2D eigenvalue weighted by Crippen LogP contribution is 2.31. The van der Waals surface area contributed by atoms with Gasteiger partial charge in [0.2, 0.25) is 11.7 Å². The molecule has 0 spiro atoms. The quantitative estimate of drug-likeness (QED) is 0.640. The summed E-state index contributed by atoms with van der Waals surface area (Å²) in [7, 11) is 0. The van der Waals surface area contributed by atoms with Crippen molar-refractivity contribution in [3.8, 4) is 10.7 Å². The van der Waals surface area contributed by atoms with E-state index >= 15 is 0 Å². The minimum atomic E-state index is -0.455. The van der Waals surface area contributed by atoms with E-state index in [-0.39, 0.29) is 18.2 Å². The van der Waals surface area contributed by atoms with E-state index in [1.165, 1.54) is 11.3 Å². The first-order valence-corrected chi connectivity index (χ1v) is 8.96. The zero-order chi connectivity index (χ0) is 18.4. The lowest BCUT2D eigenvalue weighted by Gasteiger charge is -2.07. The molecule has 3 aromatic rings. The van der Waals surface area contributed by atoms with Gasteiger partial charge in [0.15, 0.2) is 0 Å². The summed E-state index contributed by atoms with van der Waals surface area (Å²) < 4.78 is 0. The van der Waals surface area contributed by atoms with Crippen LogP contribution in [0, 0.1) is 0 Å². The molecular formula is C17H17N5O3S. The number of rotatable bonds is 7. The predicted molar refractivity (Wildman–Crippen MR) is 96.4 cm³/mol. The minimum Gasteiger partial charge on any atom is -0.325 e. The Morgan fingerprint density at radius 3 is 2.81 bits per heavy atom. The fraction of sp³-hybridized carbons (Fsp3) is 0.235. The number of anilines is 1. The molecule has 9 heteroatoms. The summed E-state index contributed by atoms with van der Waals surface area (Å²) in [5, 5.41) is 15.8. The van der Waals surface area contributed by atoms with Crippen LogP contribution in [0.25, 0.3) is 10.7 Å². The molecule has 134 valence electrons. The third-order valence-electron chi connectivity index (χ3n) is 3.54. The number of amides is 1. The zero-order valence-electron chi connectivity index (χ0n) is 14.1. The van der Waals surface area contributed by atoms with Gasteiger partial charge >= 0.3 is 5.97 Å². The maximum atomic E-state index is 12.3. The van der Waals surface area contributed by atoms with E-state index in [2.05, 4.69) is 20.8 Å². The van der Waals surface area contributed by atoms with E-state index in [0.29, 0.717) is 23.4 Å². The Balaban J connectivity index is 1.68. The van der Waals surface area contributed by atoms with Crippen molar-refractivity contribution in [2.24, 2.45) is 0 Å². The molecule has 0 atom stereocenters. The van der Waals surface area contributed by atoms with Crippen LogP contribution in [-0.2, 0) is 16.0 Å². The Hall–Kier alpha value is -3.07. The second-order valence-electron chi connectivity index (χ2n) is 5.39.